The minimum absolute atomic E-state index is 0.00348. The molecule has 0 aromatic heterocycles. The number of halogens is 5. The predicted octanol–water partition coefficient (Wildman–Crippen LogP) is 5.09. The number of nitrogens with zero attached hydrogens (tertiary/aromatic N) is 2. The minimum Gasteiger partial charge on any atom is -0.357 e. The van der Waals surface area contributed by atoms with Crippen molar-refractivity contribution in [1.29, 1.82) is 0 Å². The SMILES string of the molecule is C=C(CCN(Cc1ccc(Cl)c(Cl)c1)S(=O)(=O)CCC)C1=NC(C)(C)[C@H](C(=O)NCC2(C(F)(F)F)CC2)N1. The molecule has 13 heteroatoms. The van der Waals surface area contributed by atoms with E-state index >= 15 is 0 Å². The average Bonchev–Trinajstić information content (AvgIpc) is 3.54. The Morgan fingerprint density at radius 2 is 1.92 bits per heavy atom. The molecule has 0 spiro atoms. The highest BCUT2D eigenvalue weighted by Crippen LogP contribution is 2.57. The van der Waals surface area contributed by atoms with Gasteiger partial charge in [0.25, 0.3) is 0 Å². The van der Waals surface area contributed by atoms with Gasteiger partial charge in [0.1, 0.15) is 11.9 Å². The van der Waals surface area contributed by atoms with Gasteiger partial charge < -0.3 is 10.6 Å². The van der Waals surface area contributed by atoms with Gasteiger partial charge in [-0.05, 0) is 62.8 Å². The summed E-state index contributed by atoms with van der Waals surface area (Å²) in [6.45, 7) is 8.91. The summed E-state index contributed by atoms with van der Waals surface area (Å²) in [6.07, 6.45) is -3.71. The molecule has 212 valence electrons. The number of hydrogen-bond acceptors (Lipinski definition) is 5. The van der Waals surface area contributed by atoms with Crippen molar-refractivity contribution in [2.24, 2.45) is 10.4 Å². The molecular weight excluding hydrogens is 564 g/mol. The van der Waals surface area contributed by atoms with Gasteiger partial charge >= 0.3 is 6.18 Å². The van der Waals surface area contributed by atoms with E-state index in [9.17, 15) is 26.4 Å². The molecule has 0 unspecified atom stereocenters. The van der Waals surface area contributed by atoms with Crippen LogP contribution in [0.1, 0.15) is 52.0 Å². The van der Waals surface area contributed by atoms with E-state index in [1.54, 1.807) is 39.0 Å². The van der Waals surface area contributed by atoms with E-state index in [0.717, 1.165) is 0 Å². The van der Waals surface area contributed by atoms with E-state index in [2.05, 4.69) is 22.2 Å². The van der Waals surface area contributed by atoms with Crippen LogP contribution >= 0.6 is 23.2 Å². The number of nitrogens with one attached hydrogen (secondary N) is 2. The van der Waals surface area contributed by atoms with E-state index in [1.165, 1.54) is 4.31 Å². The molecule has 1 aliphatic heterocycles. The Bertz CT molecular complexity index is 1210. The summed E-state index contributed by atoms with van der Waals surface area (Å²) in [7, 11) is -3.59. The number of carbonyl (C=O) groups is 1. The number of alkyl halides is 3. The van der Waals surface area contributed by atoms with Gasteiger partial charge in [-0.3, -0.25) is 9.79 Å². The molecule has 0 bridgehead atoms. The second-order valence-electron chi connectivity index (χ2n) is 10.4. The zero-order chi connectivity index (χ0) is 28.5. The molecule has 1 aromatic carbocycles. The number of hydrogen-bond donors (Lipinski definition) is 2. The fourth-order valence-corrected chi connectivity index (χ4v) is 6.07. The number of benzene rings is 1. The van der Waals surface area contributed by atoms with Crippen LogP contribution in [0.2, 0.25) is 10.0 Å². The lowest BCUT2D eigenvalue weighted by Crippen LogP contribution is -2.53. The molecule has 2 N–H and O–H groups in total. The molecule has 2 aliphatic rings. The van der Waals surface area contributed by atoms with Crippen LogP contribution in [0, 0.1) is 5.41 Å². The van der Waals surface area contributed by atoms with Crippen molar-refractivity contribution in [1.82, 2.24) is 14.9 Å². The van der Waals surface area contributed by atoms with Crippen molar-refractivity contribution in [2.75, 3.05) is 18.8 Å². The van der Waals surface area contributed by atoms with Crippen LogP contribution in [0.15, 0.2) is 35.3 Å². The Kier molecular flexibility index (Phi) is 9.17. The summed E-state index contributed by atoms with van der Waals surface area (Å²) < 4.78 is 67.0. The van der Waals surface area contributed by atoms with E-state index in [4.69, 9.17) is 23.2 Å². The van der Waals surface area contributed by atoms with E-state index in [0.29, 0.717) is 33.4 Å². The van der Waals surface area contributed by atoms with E-state index < -0.39 is 45.6 Å². The molecule has 7 nitrogen and oxygen atoms in total. The Morgan fingerprint density at radius 3 is 2.47 bits per heavy atom. The van der Waals surface area contributed by atoms with Gasteiger partial charge in [-0.25, -0.2) is 8.42 Å². The largest absolute Gasteiger partial charge is 0.396 e. The van der Waals surface area contributed by atoms with Gasteiger partial charge in [0.2, 0.25) is 15.9 Å². The maximum absolute atomic E-state index is 13.2. The second-order valence-corrected chi connectivity index (χ2v) is 13.3. The number of amidine groups is 1. The lowest BCUT2D eigenvalue weighted by atomic mass is 9.96. The van der Waals surface area contributed by atoms with Crippen LogP contribution in [-0.4, -0.2) is 61.1 Å². The second kappa shape index (κ2) is 11.3. The van der Waals surface area contributed by atoms with Gasteiger partial charge in [0.05, 0.1) is 26.8 Å². The Labute approximate surface area is 231 Å². The fraction of sp³-hybridized carbons (Fsp3) is 0.600. The number of sulfonamides is 1. The predicted molar refractivity (Wildman–Crippen MR) is 144 cm³/mol. The summed E-state index contributed by atoms with van der Waals surface area (Å²) in [4.78, 5) is 17.3. The molecule has 1 aromatic rings. The summed E-state index contributed by atoms with van der Waals surface area (Å²) in [6, 6.07) is 4.03. The quantitative estimate of drug-likeness (QED) is 0.352. The molecule has 1 saturated carbocycles. The van der Waals surface area contributed by atoms with Gasteiger partial charge in [-0.15, -0.1) is 0 Å². The average molecular weight is 598 g/mol. The third-order valence-electron chi connectivity index (χ3n) is 6.90. The van der Waals surface area contributed by atoms with Crippen molar-refractivity contribution in [3.8, 4) is 0 Å². The minimum atomic E-state index is -4.36. The van der Waals surface area contributed by atoms with Gasteiger partial charge in [-0.2, -0.15) is 17.5 Å². The van der Waals surface area contributed by atoms with Crippen LogP contribution in [0.5, 0.6) is 0 Å². The summed E-state index contributed by atoms with van der Waals surface area (Å²) in [5.74, 6) is -0.285. The highest BCUT2D eigenvalue weighted by Gasteiger charge is 2.63. The van der Waals surface area contributed by atoms with Crippen LogP contribution in [-0.2, 0) is 21.4 Å². The molecular formula is C25H33Cl2F3N4O3S. The molecule has 0 saturated heterocycles. The van der Waals surface area contributed by atoms with Crippen molar-refractivity contribution in [3.63, 3.8) is 0 Å². The number of aliphatic imine (C=N–C) groups is 1. The molecule has 1 amide bonds. The third kappa shape index (κ3) is 7.03. The van der Waals surface area contributed by atoms with Crippen LogP contribution in [0.3, 0.4) is 0 Å². The van der Waals surface area contributed by atoms with Gasteiger partial charge in [0.15, 0.2) is 0 Å². The standard InChI is InChI=1S/C25H33Cl2F3N4O3S/c1-5-12-38(36,37)34(14-17-6-7-18(26)19(27)13-17)11-8-16(2)21-32-20(23(3,4)33-21)22(35)31-15-24(9-10-24)25(28,29)30/h6-7,13,20H,2,5,8-12,14-15H2,1,3-4H3,(H,31,35)(H,32,33)/t20-/m0/s1. The third-order valence-corrected chi connectivity index (χ3v) is 9.66. The Hall–Kier alpha value is -1.82. The summed E-state index contributed by atoms with van der Waals surface area (Å²) in [5, 5.41) is 6.11. The highest BCUT2D eigenvalue weighted by molar-refractivity contribution is 7.89. The zero-order valence-electron chi connectivity index (χ0n) is 21.6. The fourth-order valence-electron chi connectivity index (χ4n) is 4.26. The van der Waals surface area contributed by atoms with Gasteiger partial charge in [0, 0.05) is 19.6 Å². The molecule has 1 aliphatic carbocycles. The molecule has 1 heterocycles. The zero-order valence-corrected chi connectivity index (χ0v) is 23.9. The summed E-state index contributed by atoms with van der Waals surface area (Å²) in [5.41, 5.74) is -1.63. The normalized spacial score (nSPS) is 20.1. The van der Waals surface area contributed by atoms with Crippen LogP contribution in [0.4, 0.5) is 13.2 Å². The lowest BCUT2D eigenvalue weighted by molar-refractivity contribution is -0.185. The monoisotopic (exact) mass is 596 g/mol. The van der Waals surface area contributed by atoms with Crippen molar-refractivity contribution >= 4 is 45.0 Å². The van der Waals surface area contributed by atoms with E-state index in [-0.39, 0.29) is 38.1 Å². The molecule has 1 atom stereocenters. The number of carbonyl (C=O) groups excluding carboxylic acids is 1. The Morgan fingerprint density at radius 1 is 1.26 bits per heavy atom. The van der Waals surface area contributed by atoms with Gasteiger partial charge in [-0.1, -0.05) is 42.8 Å². The smallest absolute Gasteiger partial charge is 0.357 e. The maximum atomic E-state index is 13.2. The highest BCUT2D eigenvalue weighted by atomic mass is 35.5. The van der Waals surface area contributed by atoms with Crippen molar-refractivity contribution in [3.05, 3.63) is 46.0 Å². The van der Waals surface area contributed by atoms with Crippen molar-refractivity contribution in [2.45, 2.75) is 70.8 Å². The van der Waals surface area contributed by atoms with Crippen LogP contribution in [0.25, 0.3) is 0 Å². The first-order valence-electron chi connectivity index (χ1n) is 12.3. The number of amides is 1. The first-order chi connectivity index (χ1) is 17.5. The Balaban J connectivity index is 1.65. The molecule has 0 radical (unpaired) electrons. The molecule has 38 heavy (non-hydrogen) atoms. The van der Waals surface area contributed by atoms with Crippen LogP contribution < -0.4 is 10.6 Å². The lowest BCUT2D eigenvalue weighted by Gasteiger charge is -2.26. The first kappa shape index (κ1) is 30.7. The topological polar surface area (TPSA) is 90.9 Å². The molecule has 3 rings (SSSR count). The maximum Gasteiger partial charge on any atom is 0.396 e. The number of rotatable bonds is 12. The van der Waals surface area contributed by atoms with E-state index in [1.807, 2.05) is 0 Å². The van der Waals surface area contributed by atoms with Crippen molar-refractivity contribution < 1.29 is 26.4 Å². The first-order valence-corrected chi connectivity index (χ1v) is 14.7. The summed E-state index contributed by atoms with van der Waals surface area (Å²) >= 11 is 12.1. The molecule has 1 fully saturated rings.